The van der Waals surface area contributed by atoms with Gasteiger partial charge in [-0.2, -0.15) is 5.10 Å². The number of aromatic nitrogens is 2. The van der Waals surface area contributed by atoms with Crippen LogP contribution in [0.2, 0.25) is 0 Å². The molecule has 0 aliphatic carbocycles. The minimum atomic E-state index is -1.16. The third-order valence-electron chi connectivity index (χ3n) is 6.25. The highest BCUT2D eigenvalue weighted by Gasteiger charge is 2.26. The van der Waals surface area contributed by atoms with Gasteiger partial charge in [0.15, 0.2) is 5.69 Å². The largest absolute Gasteiger partial charge is 0.481 e. The molecule has 0 bridgehead atoms. The number of benzene rings is 2. The van der Waals surface area contributed by atoms with Gasteiger partial charge in [0.2, 0.25) is 0 Å². The monoisotopic (exact) mass is 511 g/mol. The standard InChI is InChI=1S/C28H34FN3O5/c1-17(2)26-24(13-12-22(33)14-23(34)15-25(35)36)32(21-10-8-20(29)9-11-21)31-27(26)28(37)30-16-19-7-5-4-6-18(19)3/h4-11,17,22-23,33-34H,12-16H2,1-3H3,(H,30,37)(H,35,36)/t22-,23-/m1/s1. The van der Waals surface area contributed by atoms with Gasteiger partial charge in [0.05, 0.1) is 24.3 Å². The molecule has 0 unspecified atom stereocenters. The van der Waals surface area contributed by atoms with Crippen molar-refractivity contribution in [2.45, 2.75) is 71.1 Å². The van der Waals surface area contributed by atoms with Gasteiger partial charge in [-0.15, -0.1) is 0 Å². The Labute approximate surface area is 215 Å². The number of carboxylic acid groups (broad SMARTS) is 1. The van der Waals surface area contributed by atoms with Crippen molar-refractivity contribution in [3.8, 4) is 5.69 Å². The fourth-order valence-electron chi connectivity index (χ4n) is 4.36. The number of hydrogen-bond donors (Lipinski definition) is 4. The summed E-state index contributed by atoms with van der Waals surface area (Å²) in [7, 11) is 0. The van der Waals surface area contributed by atoms with Gasteiger partial charge in [-0.05, 0) is 67.5 Å². The number of carbonyl (C=O) groups is 2. The predicted octanol–water partition coefficient (Wildman–Crippen LogP) is 3.89. The lowest BCUT2D eigenvalue weighted by Gasteiger charge is -2.16. The molecule has 37 heavy (non-hydrogen) atoms. The zero-order valence-electron chi connectivity index (χ0n) is 21.3. The van der Waals surface area contributed by atoms with E-state index >= 15 is 0 Å². The highest BCUT2D eigenvalue weighted by molar-refractivity contribution is 5.94. The minimum absolute atomic E-state index is 0.0850. The Morgan fingerprint density at radius 3 is 2.35 bits per heavy atom. The van der Waals surface area contributed by atoms with Crippen molar-refractivity contribution < 1.29 is 29.3 Å². The summed E-state index contributed by atoms with van der Waals surface area (Å²) in [4.78, 5) is 24.1. The van der Waals surface area contributed by atoms with Crippen LogP contribution in [0.5, 0.6) is 0 Å². The van der Waals surface area contributed by atoms with Crippen LogP contribution in [0.15, 0.2) is 48.5 Å². The number of aliphatic hydroxyl groups is 2. The molecule has 198 valence electrons. The number of carbonyl (C=O) groups excluding carboxylic acids is 1. The molecule has 0 aliphatic heterocycles. The molecule has 1 heterocycles. The van der Waals surface area contributed by atoms with Crippen LogP contribution in [0.3, 0.4) is 0 Å². The molecule has 0 aliphatic rings. The number of aliphatic carboxylic acids is 1. The Bertz CT molecular complexity index is 1220. The summed E-state index contributed by atoms with van der Waals surface area (Å²) in [5.74, 6) is -1.97. The Morgan fingerprint density at radius 2 is 1.73 bits per heavy atom. The molecule has 9 heteroatoms. The molecule has 2 aromatic carbocycles. The van der Waals surface area contributed by atoms with Crippen LogP contribution in [0.1, 0.15) is 71.9 Å². The summed E-state index contributed by atoms with van der Waals surface area (Å²) in [5, 5.41) is 36.8. The van der Waals surface area contributed by atoms with Crippen molar-refractivity contribution in [3.05, 3.63) is 82.4 Å². The van der Waals surface area contributed by atoms with Crippen LogP contribution in [0.4, 0.5) is 4.39 Å². The van der Waals surface area contributed by atoms with Gasteiger partial charge in [0.1, 0.15) is 5.82 Å². The number of aliphatic hydroxyl groups excluding tert-OH is 2. The van der Waals surface area contributed by atoms with Gasteiger partial charge < -0.3 is 20.6 Å². The highest BCUT2D eigenvalue weighted by Crippen LogP contribution is 2.28. The van der Waals surface area contributed by atoms with Gasteiger partial charge >= 0.3 is 5.97 Å². The van der Waals surface area contributed by atoms with E-state index in [2.05, 4.69) is 10.4 Å². The normalized spacial score (nSPS) is 12.9. The molecular formula is C28H34FN3O5. The summed E-state index contributed by atoms with van der Waals surface area (Å²) in [6.45, 7) is 6.20. The van der Waals surface area contributed by atoms with Crippen LogP contribution in [0, 0.1) is 12.7 Å². The van der Waals surface area contributed by atoms with E-state index in [0.29, 0.717) is 29.9 Å². The first-order valence-corrected chi connectivity index (χ1v) is 12.3. The zero-order valence-corrected chi connectivity index (χ0v) is 21.3. The maximum Gasteiger partial charge on any atom is 0.305 e. The average Bonchev–Trinajstić information content (AvgIpc) is 3.22. The second-order valence-corrected chi connectivity index (χ2v) is 9.54. The van der Waals surface area contributed by atoms with Gasteiger partial charge in [0, 0.05) is 17.8 Å². The first kappa shape index (κ1) is 28.0. The van der Waals surface area contributed by atoms with E-state index in [1.807, 2.05) is 45.0 Å². The van der Waals surface area contributed by atoms with Gasteiger partial charge in [0.25, 0.3) is 5.91 Å². The summed E-state index contributed by atoms with van der Waals surface area (Å²) in [6.07, 6.45) is -2.13. The number of halogens is 1. The smallest absolute Gasteiger partial charge is 0.305 e. The Kier molecular flexibility index (Phi) is 9.54. The molecule has 0 saturated carbocycles. The van der Waals surface area contributed by atoms with Crippen molar-refractivity contribution in [3.63, 3.8) is 0 Å². The van der Waals surface area contributed by atoms with Crippen molar-refractivity contribution in [1.82, 2.24) is 15.1 Å². The van der Waals surface area contributed by atoms with E-state index in [1.165, 1.54) is 12.1 Å². The molecule has 3 aromatic rings. The summed E-state index contributed by atoms with van der Waals surface area (Å²) in [6, 6.07) is 13.5. The topological polar surface area (TPSA) is 125 Å². The molecule has 1 amide bonds. The number of hydrogen-bond acceptors (Lipinski definition) is 5. The van der Waals surface area contributed by atoms with Crippen LogP contribution < -0.4 is 5.32 Å². The summed E-state index contributed by atoms with van der Waals surface area (Å²) in [5.41, 5.74) is 4.27. The van der Waals surface area contributed by atoms with Crippen molar-refractivity contribution >= 4 is 11.9 Å². The Balaban J connectivity index is 1.91. The summed E-state index contributed by atoms with van der Waals surface area (Å²) < 4.78 is 15.2. The van der Waals surface area contributed by atoms with Crippen molar-refractivity contribution in [2.24, 2.45) is 0 Å². The maximum absolute atomic E-state index is 13.6. The molecule has 2 atom stereocenters. The first-order chi connectivity index (χ1) is 17.6. The molecule has 4 N–H and O–H groups in total. The van der Waals surface area contributed by atoms with Gasteiger partial charge in [-0.1, -0.05) is 38.1 Å². The van der Waals surface area contributed by atoms with E-state index < -0.39 is 30.4 Å². The number of aryl methyl sites for hydroxylation is 1. The maximum atomic E-state index is 13.6. The molecule has 0 fully saturated rings. The van der Waals surface area contributed by atoms with E-state index in [0.717, 1.165) is 11.1 Å². The fraction of sp³-hybridized carbons (Fsp3) is 0.393. The van der Waals surface area contributed by atoms with Gasteiger partial charge in [-0.25, -0.2) is 9.07 Å². The van der Waals surface area contributed by atoms with E-state index in [-0.39, 0.29) is 30.4 Å². The lowest BCUT2D eigenvalue weighted by Crippen LogP contribution is -2.25. The second kappa shape index (κ2) is 12.6. The first-order valence-electron chi connectivity index (χ1n) is 12.3. The SMILES string of the molecule is Cc1ccccc1CNC(=O)c1nn(-c2ccc(F)cc2)c(CC[C@@H](O)C[C@@H](O)CC(=O)O)c1C(C)C. The van der Waals surface area contributed by atoms with Crippen LogP contribution in [-0.2, 0) is 17.8 Å². The van der Waals surface area contributed by atoms with Crippen LogP contribution in [-0.4, -0.2) is 49.2 Å². The van der Waals surface area contributed by atoms with E-state index in [1.54, 1.807) is 16.8 Å². The molecular weight excluding hydrogens is 477 g/mol. The lowest BCUT2D eigenvalue weighted by atomic mass is 9.95. The van der Waals surface area contributed by atoms with Gasteiger partial charge in [-0.3, -0.25) is 9.59 Å². The van der Waals surface area contributed by atoms with E-state index in [9.17, 15) is 24.2 Å². The Morgan fingerprint density at radius 1 is 1.05 bits per heavy atom. The summed E-state index contributed by atoms with van der Waals surface area (Å²) >= 11 is 0. The number of nitrogens with zero attached hydrogens (tertiary/aromatic N) is 2. The molecule has 0 spiro atoms. The van der Waals surface area contributed by atoms with E-state index in [4.69, 9.17) is 5.11 Å². The van der Waals surface area contributed by atoms with Crippen molar-refractivity contribution in [1.29, 1.82) is 0 Å². The average molecular weight is 512 g/mol. The number of rotatable bonds is 12. The number of amides is 1. The van der Waals surface area contributed by atoms with Crippen molar-refractivity contribution in [2.75, 3.05) is 0 Å². The molecule has 1 aromatic heterocycles. The Hall–Kier alpha value is -3.56. The molecule has 0 radical (unpaired) electrons. The minimum Gasteiger partial charge on any atom is -0.481 e. The lowest BCUT2D eigenvalue weighted by molar-refractivity contribution is -0.139. The zero-order chi connectivity index (χ0) is 27.1. The number of carboxylic acids is 1. The number of nitrogens with one attached hydrogen (secondary N) is 1. The molecule has 0 saturated heterocycles. The molecule has 8 nitrogen and oxygen atoms in total. The quantitative estimate of drug-likeness (QED) is 0.292. The van der Waals surface area contributed by atoms with Crippen LogP contribution in [0.25, 0.3) is 5.69 Å². The second-order valence-electron chi connectivity index (χ2n) is 9.54. The third kappa shape index (κ3) is 7.47. The highest BCUT2D eigenvalue weighted by atomic mass is 19.1. The fourth-order valence-corrected chi connectivity index (χ4v) is 4.36. The predicted molar refractivity (Wildman–Crippen MR) is 137 cm³/mol. The van der Waals surface area contributed by atoms with Crippen LogP contribution >= 0.6 is 0 Å². The third-order valence-corrected chi connectivity index (χ3v) is 6.25. The molecule has 3 rings (SSSR count).